The zero-order chi connectivity index (χ0) is 12.4. The summed E-state index contributed by atoms with van der Waals surface area (Å²) in [7, 11) is 0. The second-order valence-corrected chi connectivity index (χ2v) is 6.44. The largest absolute Gasteiger partial charge is 0.352 e. The van der Waals surface area contributed by atoms with Crippen LogP contribution >= 0.6 is 0 Å². The fraction of sp³-hybridized carbons (Fsp3) is 0.933. The third-order valence-corrected chi connectivity index (χ3v) is 5.17. The summed E-state index contributed by atoms with van der Waals surface area (Å²) in [6.45, 7) is 0. The molecule has 3 unspecified atom stereocenters. The molecule has 0 bridgehead atoms. The fourth-order valence-corrected chi connectivity index (χ4v) is 4.07. The number of hydrogen-bond donors (Lipinski definition) is 2. The topological polar surface area (TPSA) is 41.1 Å². The minimum absolute atomic E-state index is 0.0879. The van der Waals surface area contributed by atoms with Gasteiger partial charge in [0.1, 0.15) is 0 Å². The average molecular weight is 250 g/mol. The zero-order valence-electron chi connectivity index (χ0n) is 11.3. The highest BCUT2D eigenvalue weighted by molar-refractivity contribution is 5.82. The molecule has 1 aliphatic heterocycles. The van der Waals surface area contributed by atoms with Crippen LogP contribution in [0.3, 0.4) is 0 Å². The Balaban J connectivity index is 1.51. The molecular formula is C15H26N2O. The van der Waals surface area contributed by atoms with Gasteiger partial charge in [0.25, 0.3) is 0 Å². The molecule has 0 aromatic heterocycles. The molecule has 0 spiro atoms. The third-order valence-electron chi connectivity index (χ3n) is 5.17. The predicted molar refractivity (Wildman–Crippen MR) is 72.3 cm³/mol. The van der Waals surface area contributed by atoms with E-state index in [0.29, 0.717) is 12.1 Å². The smallest absolute Gasteiger partial charge is 0.237 e. The third kappa shape index (κ3) is 2.71. The van der Waals surface area contributed by atoms with Crippen molar-refractivity contribution >= 4 is 5.91 Å². The van der Waals surface area contributed by atoms with Crippen LogP contribution in [0.4, 0.5) is 0 Å². The van der Waals surface area contributed by atoms with Crippen molar-refractivity contribution in [2.45, 2.75) is 82.3 Å². The molecule has 1 saturated heterocycles. The molecule has 1 amide bonds. The van der Waals surface area contributed by atoms with E-state index in [9.17, 15) is 4.79 Å². The summed E-state index contributed by atoms with van der Waals surface area (Å²) in [4.78, 5) is 12.3. The van der Waals surface area contributed by atoms with Crippen molar-refractivity contribution in [3.8, 4) is 0 Å². The van der Waals surface area contributed by atoms with Gasteiger partial charge in [-0.25, -0.2) is 0 Å². The first-order valence-corrected chi connectivity index (χ1v) is 7.89. The summed E-state index contributed by atoms with van der Waals surface area (Å²) in [6.07, 6.45) is 12.6. The van der Waals surface area contributed by atoms with Crippen molar-refractivity contribution in [1.29, 1.82) is 0 Å². The quantitative estimate of drug-likeness (QED) is 0.790. The fourth-order valence-electron chi connectivity index (χ4n) is 4.07. The molecule has 3 rings (SSSR count). The van der Waals surface area contributed by atoms with Gasteiger partial charge in [-0.2, -0.15) is 0 Å². The maximum absolute atomic E-state index is 12.3. The lowest BCUT2D eigenvalue weighted by molar-refractivity contribution is -0.125. The van der Waals surface area contributed by atoms with Crippen molar-refractivity contribution in [2.75, 3.05) is 0 Å². The van der Waals surface area contributed by atoms with Crippen LogP contribution in [0.2, 0.25) is 0 Å². The summed E-state index contributed by atoms with van der Waals surface area (Å²) >= 11 is 0. The maximum Gasteiger partial charge on any atom is 0.237 e. The van der Waals surface area contributed by atoms with E-state index in [-0.39, 0.29) is 11.9 Å². The summed E-state index contributed by atoms with van der Waals surface area (Å²) in [5, 5.41) is 6.86. The van der Waals surface area contributed by atoms with Crippen molar-refractivity contribution in [1.82, 2.24) is 10.6 Å². The highest BCUT2D eigenvalue weighted by Crippen LogP contribution is 2.32. The molecule has 3 atom stereocenters. The molecular weight excluding hydrogens is 224 g/mol. The van der Waals surface area contributed by atoms with Crippen molar-refractivity contribution < 1.29 is 4.79 Å². The van der Waals surface area contributed by atoms with Crippen molar-refractivity contribution in [2.24, 2.45) is 5.92 Å². The van der Waals surface area contributed by atoms with E-state index in [4.69, 9.17) is 0 Å². The van der Waals surface area contributed by atoms with E-state index in [1.807, 2.05) is 0 Å². The number of carbonyl (C=O) groups is 1. The van der Waals surface area contributed by atoms with Crippen LogP contribution < -0.4 is 10.6 Å². The number of carbonyl (C=O) groups excluding carboxylic acids is 1. The summed E-state index contributed by atoms with van der Waals surface area (Å²) in [5.74, 6) is 1.11. The van der Waals surface area contributed by atoms with Gasteiger partial charge in [0, 0.05) is 12.1 Å². The normalized spacial score (nSPS) is 37.2. The number of hydrogen-bond acceptors (Lipinski definition) is 2. The number of amides is 1. The Morgan fingerprint density at radius 3 is 2.44 bits per heavy atom. The van der Waals surface area contributed by atoms with Gasteiger partial charge >= 0.3 is 0 Å². The molecule has 0 radical (unpaired) electrons. The molecule has 0 aromatic carbocycles. The van der Waals surface area contributed by atoms with Crippen LogP contribution in [0.5, 0.6) is 0 Å². The molecule has 1 heterocycles. The van der Waals surface area contributed by atoms with Gasteiger partial charge in [-0.1, -0.05) is 25.7 Å². The summed E-state index contributed by atoms with van der Waals surface area (Å²) in [6, 6.07) is 1.17. The van der Waals surface area contributed by atoms with E-state index in [1.165, 1.54) is 57.8 Å². The van der Waals surface area contributed by atoms with Crippen LogP contribution in [-0.4, -0.2) is 24.0 Å². The van der Waals surface area contributed by atoms with Gasteiger partial charge in [-0.05, 0) is 44.4 Å². The average Bonchev–Trinajstić information content (AvgIpc) is 2.91. The second kappa shape index (κ2) is 5.60. The van der Waals surface area contributed by atoms with Gasteiger partial charge in [0.15, 0.2) is 0 Å². The Labute approximate surface area is 110 Å². The molecule has 3 heteroatoms. The lowest BCUT2D eigenvalue weighted by Crippen LogP contribution is -2.56. The molecule has 102 valence electrons. The van der Waals surface area contributed by atoms with Crippen LogP contribution in [0.1, 0.15) is 64.2 Å². The highest BCUT2D eigenvalue weighted by Gasteiger charge is 2.34. The first kappa shape index (κ1) is 12.5. The number of nitrogens with one attached hydrogen (secondary N) is 2. The van der Waals surface area contributed by atoms with Crippen molar-refractivity contribution in [3.05, 3.63) is 0 Å². The Kier molecular flexibility index (Phi) is 3.88. The minimum Gasteiger partial charge on any atom is -0.352 e. The molecule has 18 heavy (non-hydrogen) atoms. The van der Waals surface area contributed by atoms with Crippen LogP contribution in [0, 0.1) is 5.92 Å². The van der Waals surface area contributed by atoms with Gasteiger partial charge in [0.2, 0.25) is 5.91 Å². The maximum atomic E-state index is 12.3. The Bertz CT molecular complexity index is 299. The van der Waals surface area contributed by atoms with E-state index < -0.39 is 0 Å². The minimum atomic E-state index is 0.0879. The molecule has 3 fully saturated rings. The van der Waals surface area contributed by atoms with Crippen LogP contribution in [0.15, 0.2) is 0 Å². The lowest BCUT2D eigenvalue weighted by Gasteiger charge is -2.40. The van der Waals surface area contributed by atoms with Crippen LogP contribution in [-0.2, 0) is 4.79 Å². The Hall–Kier alpha value is -0.570. The zero-order valence-corrected chi connectivity index (χ0v) is 11.3. The molecule has 2 aliphatic carbocycles. The molecule has 2 N–H and O–H groups in total. The first-order valence-electron chi connectivity index (χ1n) is 7.89. The monoisotopic (exact) mass is 250 g/mol. The van der Waals surface area contributed by atoms with Gasteiger partial charge in [0.05, 0.1) is 6.04 Å². The standard InChI is InChI=1S/C15H26N2O/c18-15(16-12-6-2-3-7-12)14-10-9-11-5-1-4-8-13(11)17-14/h11-14,17H,1-10H2,(H,16,18). The second-order valence-electron chi connectivity index (χ2n) is 6.44. The first-order chi connectivity index (χ1) is 8.83. The van der Waals surface area contributed by atoms with E-state index in [1.54, 1.807) is 0 Å². The molecule has 0 aromatic rings. The molecule has 3 nitrogen and oxygen atoms in total. The Morgan fingerprint density at radius 1 is 0.889 bits per heavy atom. The van der Waals surface area contributed by atoms with Crippen molar-refractivity contribution in [3.63, 3.8) is 0 Å². The van der Waals surface area contributed by atoms with Gasteiger partial charge < -0.3 is 10.6 Å². The summed E-state index contributed by atoms with van der Waals surface area (Å²) in [5.41, 5.74) is 0. The molecule has 3 aliphatic rings. The lowest BCUT2D eigenvalue weighted by atomic mass is 9.77. The van der Waals surface area contributed by atoms with E-state index in [0.717, 1.165) is 12.3 Å². The van der Waals surface area contributed by atoms with Crippen LogP contribution in [0.25, 0.3) is 0 Å². The van der Waals surface area contributed by atoms with E-state index in [2.05, 4.69) is 10.6 Å². The number of piperidine rings is 1. The van der Waals surface area contributed by atoms with Gasteiger partial charge in [-0.3, -0.25) is 4.79 Å². The van der Waals surface area contributed by atoms with Gasteiger partial charge in [-0.15, -0.1) is 0 Å². The predicted octanol–water partition coefficient (Wildman–Crippen LogP) is 2.36. The highest BCUT2D eigenvalue weighted by atomic mass is 16.2. The summed E-state index contributed by atoms with van der Waals surface area (Å²) < 4.78 is 0. The van der Waals surface area contributed by atoms with E-state index >= 15 is 0 Å². The Morgan fingerprint density at radius 2 is 1.61 bits per heavy atom. The SMILES string of the molecule is O=C(NC1CCCC1)C1CCC2CCCCC2N1. The number of fused-ring (bicyclic) bond motifs is 1. The number of rotatable bonds is 2. The molecule has 2 saturated carbocycles.